The van der Waals surface area contributed by atoms with E-state index in [1.165, 1.54) is 32.0 Å². The molecule has 5 heteroatoms. The first kappa shape index (κ1) is 13.3. The number of amides is 1. The fraction of sp³-hybridized carbons (Fsp3) is 0.667. The fourth-order valence-corrected chi connectivity index (χ4v) is 3.38. The number of hydrogen-bond donors (Lipinski definition) is 1. The van der Waals surface area contributed by atoms with Gasteiger partial charge in [-0.05, 0) is 25.2 Å². The van der Waals surface area contributed by atoms with E-state index in [4.69, 9.17) is 0 Å². The van der Waals surface area contributed by atoms with Crippen LogP contribution in [-0.4, -0.2) is 33.9 Å². The Labute approximate surface area is 118 Å². The van der Waals surface area contributed by atoms with Crippen LogP contribution in [0.3, 0.4) is 0 Å². The van der Waals surface area contributed by atoms with Gasteiger partial charge < -0.3 is 9.88 Å². The van der Waals surface area contributed by atoms with Gasteiger partial charge in [0.1, 0.15) is 0 Å². The minimum atomic E-state index is -0.0555. The fourth-order valence-electron chi connectivity index (χ4n) is 3.38. The normalized spacial score (nSPS) is 19.7. The number of nitrogens with zero attached hydrogens (tertiary/aromatic N) is 2. The Morgan fingerprint density at radius 3 is 2.85 bits per heavy atom. The summed E-state index contributed by atoms with van der Waals surface area (Å²) in [6.07, 6.45) is 8.37. The lowest BCUT2D eigenvalue weighted by Gasteiger charge is -2.21. The number of carbonyl (C=O) groups excluding carboxylic acids is 1. The average Bonchev–Trinajstić information content (AvgIpc) is 2.83. The maximum absolute atomic E-state index is 12.4. The van der Waals surface area contributed by atoms with E-state index in [1.54, 1.807) is 0 Å². The van der Waals surface area contributed by atoms with E-state index in [-0.39, 0.29) is 11.5 Å². The van der Waals surface area contributed by atoms with Crippen molar-refractivity contribution in [3.8, 4) is 0 Å². The van der Waals surface area contributed by atoms with E-state index in [0.717, 1.165) is 11.3 Å². The first-order chi connectivity index (χ1) is 9.74. The van der Waals surface area contributed by atoms with Crippen LogP contribution in [0.2, 0.25) is 0 Å². The summed E-state index contributed by atoms with van der Waals surface area (Å²) in [6, 6.07) is 0. The molecule has 1 aromatic rings. The largest absolute Gasteiger partial charge is 0.342 e. The number of hydrogen-bond acceptors (Lipinski definition) is 3. The minimum absolute atomic E-state index is 0.0555. The molecule has 1 N–H and O–H groups in total. The summed E-state index contributed by atoms with van der Waals surface area (Å²) in [5.74, 6) is 0.829. The molecule has 1 aliphatic heterocycles. The summed E-state index contributed by atoms with van der Waals surface area (Å²) in [4.78, 5) is 32.9. The number of aromatic nitrogens is 2. The van der Waals surface area contributed by atoms with Crippen molar-refractivity contribution in [1.82, 2.24) is 14.9 Å². The molecule has 0 aromatic carbocycles. The monoisotopic (exact) mass is 275 g/mol. The highest BCUT2D eigenvalue weighted by Gasteiger charge is 2.24. The second-order valence-corrected chi connectivity index (χ2v) is 5.89. The number of aromatic amines is 1. The van der Waals surface area contributed by atoms with Gasteiger partial charge in [0.15, 0.2) is 0 Å². The van der Waals surface area contributed by atoms with E-state index in [1.807, 2.05) is 4.90 Å². The number of carbonyl (C=O) groups is 1. The third kappa shape index (κ3) is 2.76. The average molecular weight is 275 g/mol. The maximum Gasteiger partial charge on any atom is 0.254 e. The lowest BCUT2D eigenvalue weighted by molar-refractivity contribution is -0.132. The molecule has 1 fully saturated rings. The van der Waals surface area contributed by atoms with Gasteiger partial charge in [-0.3, -0.25) is 9.59 Å². The Kier molecular flexibility index (Phi) is 3.85. The van der Waals surface area contributed by atoms with Crippen molar-refractivity contribution >= 4 is 5.91 Å². The van der Waals surface area contributed by atoms with Crippen molar-refractivity contribution in [1.29, 1.82) is 0 Å². The topological polar surface area (TPSA) is 66.1 Å². The lowest BCUT2D eigenvalue weighted by atomic mass is 10.0. The van der Waals surface area contributed by atoms with Gasteiger partial charge >= 0.3 is 0 Å². The molecule has 2 aliphatic rings. The van der Waals surface area contributed by atoms with Gasteiger partial charge in [-0.2, -0.15) is 0 Å². The molecule has 0 radical (unpaired) electrons. The standard InChI is InChI=1S/C15H21N3O2/c19-14(9-11-3-1-2-4-11)18-7-5-12-13(6-8-18)16-10-17-15(12)20/h10-11H,1-9H2,(H,16,17,20). The van der Waals surface area contributed by atoms with E-state index in [2.05, 4.69) is 9.97 Å². The van der Waals surface area contributed by atoms with Gasteiger partial charge in [-0.25, -0.2) is 4.98 Å². The van der Waals surface area contributed by atoms with Gasteiger partial charge in [0, 0.05) is 31.5 Å². The summed E-state index contributed by atoms with van der Waals surface area (Å²) in [5, 5.41) is 0. The lowest BCUT2D eigenvalue weighted by Crippen LogP contribution is -2.34. The highest BCUT2D eigenvalue weighted by atomic mass is 16.2. The van der Waals surface area contributed by atoms with Crippen molar-refractivity contribution in [2.75, 3.05) is 13.1 Å². The number of nitrogens with one attached hydrogen (secondary N) is 1. The van der Waals surface area contributed by atoms with E-state index in [9.17, 15) is 9.59 Å². The highest BCUT2D eigenvalue weighted by Crippen LogP contribution is 2.28. The van der Waals surface area contributed by atoms with E-state index < -0.39 is 0 Å². The molecule has 0 unspecified atom stereocenters. The van der Waals surface area contributed by atoms with Crippen molar-refractivity contribution in [2.24, 2.45) is 5.92 Å². The molecule has 1 aliphatic carbocycles. The van der Waals surface area contributed by atoms with Gasteiger partial charge in [0.2, 0.25) is 5.91 Å². The predicted molar refractivity (Wildman–Crippen MR) is 75.4 cm³/mol. The summed E-state index contributed by atoms with van der Waals surface area (Å²) < 4.78 is 0. The molecule has 0 spiro atoms. The molecule has 0 atom stereocenters. The Bertz CT molecular complexity index is 546. The number of rotatable bonds is 2. The van der Waals surface area contributed by atoms with Crippen LogP contribution in [0, 0.1) is 5.92 Å². The maximum atomic E-state index is 12.4. The Morgan fingerprint density at radius 2 is 2.05 bits per heavy atom. The van der Waals surface area contributed by atoms with Crippen LogP contribution in [-0.2, 0) is 17.6 Å². The second kappa shape index (κ2) is 5.77. The molecule has 2 heterocycles. The third-order valence-corrected chi connectivity index (χ3v) is 4.58. The predicted octanol–water partition coefficient (Wildman–Crippen LogP) is 1.28. The second-order valence-electron chi connectivity index (χ2n) is 5.89. The third-order valence-electron chi connectivity index (χ3n) is 4.58. The molecule has 20 heavy (non-hydrogen) atoms. The van der Waals surface area contributed by atoms with E-state index in [0.29, 0.717) is 38.3 Å². The molecular weight excluding hydrogens is 254 g/mol. The van der Waals surface area contributed by atoms with Crippen LogP contribution >= 0.6 is 0 Å². The number of H-pyrrole nitrogens is 1. The Hall–Kier alpha value is -1.65. The molecular formula is C15H21N3O2. The smallest absolute Gasteiger partial charge is 0.254 e. The molecule has 5 nitrogen and oxygen atoms in total. The number of fused-ring (bicyclic) bond motifs is 1. The van der Waals surface area contributed by atoms with Crippen molar-refractivity contribution in [3.05, 3.63) is 27.9 Å². The van der Waals surface area contributed by atoms with Crippen molar-refractivity contribution < 1.29 is 4.79 Å². The zero-order valence-electron chi connectivity index (χ0n) is 11.7. The Morgan fingerprint density at radius 1 is 1.30 bits per heavy atom. The molecule has 1 aromatic heterocycles. The van der Waals surface area contributed by atoms with Crippen LogP contribution < -0.4 is 5.56 Å². The van der Waals surface area contributed by atoms with Crippen molar-refractivity contribution in [3.63, 3.8) is 0 Å². The van der Waals surface area contributed by atoms with Crippen molar-refractivity contribution in [2.45, 2.75) is 44.9 Å². The van der Waals surface area contributed by atoms with Gasteiger partial charge in [-0.1, -0.05) is 12.8 Å². The quantitative estimate of drug-likeness (QED) is 0.884. The molecule has 1 amide bonds. The van der Waals surface area contributed by atoms with Crippen LogP contribution in [0.5, 0.6) is 0 Å². The molecule has 0 bridgehead atoms. The summed E-state index contributed by atoms with van der Waals surface area (Å²) >= 11 is 0. The summed E-state index contributed by atoms with van der Waals surface area (Å²) in [6.45, 7) is 1.34. The zero-order chi connectivity index (χ0) is 13.9. The highest BCUT2D eigenvalue weighted by molar-refractivity contribution is 5.76. The molecule has 3 rings (SSSR count). The SMILES string of the molecule is O=C(CC1CCCC1)N1CCc2nc[nH]c(=O)c2CC1. The van der Waals surface area contributed by atoms with Crippen LogP contribution in [0.25, 0.3) is 0 Å². The summed E-state index contributed by atoms with van der Waals surface area (Å²) in [5.41, 5.74) is 1.55. The van der Waals surface area contributed by atoms with Crippen LogP contribution in [0.15, 0.2) is 11.1 Å². The van der Waals surface area contributed by atoms with Gasteiger partial charge in [0.05, 0.1) is 12.0 Å². The minimum Gasteiger partial charge on any atom is -0.342 e. The van der Waals surface area contributed by atoms with Crippen LogP contribution in [0.1, 0.15) is 43.4 Å². The van der Waals surface area contributed by atoms with Gasteiger partial charge in [0.25, 0.3) is 5.56 Å². The molecule has 0 saturated heterocycles. The summed E-state index contributed by atoms with van der Waals surface area (Å²) in [7, 11) is 0. The Balaban J connectivity index is 1.65. The van der Waals surface area contributed by atoms with Crippen LogP contribution in [0.4, 0.5) is 0 Å². The van der Waals surface area contributed by atoms with E-state index >= 15 is 0 Å². The van der Waals surface area contributed by atoms with Gasteiger partial charge in [-0.15, -0.1) is 0 Å². The molecule has 1 saturated carbocycles. The first-order valence-corrected chi connectivity index (χ1v) is 7.57. The molecule has 108 valence electrons. The zero-order valence-corrected chi connectivity index (χ0v) is 11.7. The first-order valence-electron chi connectivity index (χ1n) is 7.57.